The Bertz CT molecular complexity index is 703. The summed E-state index contributed by atoms with van der Waals surface area (Å²) in [6.45, 7) is 3.89. The summed E-state index contributed by atoms with van der Waals surface area (Å²) < 4.78 is 4.99. The first-order valence-corrected chi connectivity index (χ1v) is 7.42. The molecule has 0 aromatic heterocycles. The quantitative estimate of drug-likeness (QED) is 0.397. The molecule has 0 bridgehead atoms. The van der Waals surface area contributed by atoms with Crippen LogP contribution >= 0.6 is 0 Å². The number of hydrogen-bond acceptors (Lipinski definition) is 3. The zero-order chi connectivity index (χ0) is 16.7. The summed E-state index contributed by atoms with van der Waals surface area (Å²) in [6.07, 6.45) is 1.54. The first-order valence-electron chi connectivity index (χ1n) is 7.42. The van der Waals surface area contributed by atoms with Crippen molar-refractivity contribution in [3.63, 3.8) is 0 Å². The normalized spacial score (nSPS) is 11.0. The van der Waals surface area contributed by atoms with Crippen LogP contribution in [0.2, 0.25) is 0 Å². The van der Waals surface area contributed by atoms with Gasteiger partial charge < -0.3 is 10.1 Å². The van der Waals surface area contributed by atoms with Gasteiger partial charge in [-0.05, 0) is 37.6 Å². The summed E-state index contributed by atoms with van der Waals surface area (Å²) >= 11 is 0. The number of amides is 1. The van der Waals surface area contributed by atoms with Crippen molar-refractivity contribution in [2.75, 3.05) is 11.9 Å². The largest absolute Gasteiger partial charge is 0.462 e. The van der Waals surface area contributed by atoms with Crippen LogP contribution in [0, 0.1) is 6.92 Å². The van der Waals surface area contributed by atoms with Gasteiger partial charge in [0, 0.05) is 5.69 Å². The predicted molar refractivity (Wildman–Crippen MR) is 90.9 cm³/mol. The van der Waals surface area contributed by atoms with Crippen molar-refractivity contribution in [1.29, 1.82) is 0 Å². The van der Waals surface area contributed by atoms with Gasteiger partial charge in [-0.25, -0.2) is 4.79 Å². The monoisotopic (exact) mass is 309 g/mol. The molecule has 0 saturated carbocycles. The molecule has 0 saturated heterocycles. The van der Waals surface area contributed by atoms with Crippen LogP contribution in [-0.4, -0.2) is 18.5 Å². The van der Waals surface area contributed by atoms with Gasteiger partial charge in [0.25, 0.3) is 5.91 Å². The fraction of sp³-hybridized carbons (Fsp3) is 0.158. The minimum atomic E-state index is -0.637. The van der Waals surface area contributed by atoms with Crippen molar-refractivity contribution in [3.05, 3.63) is 71.3 Å². The molecule has 0 aliphatic heterocycles. The Morgan fingerprint density at radius 1 is 1.04 bits per heavy atom. The molecule has 1 amide bonds. The Hall–Kier alpha value is -2.88. The second kappa shape index (κ2) is 7.94. The van der Waals surface area contributed by atoms with Crippen molar-refractivity contribution in [1.82, 2.24) is 0 Å². The highest BCUT2D eigenvalue weighted by Crippen LogP contribution is 2.13. The molecule has 1 N–H and O–H groups in total. The van der Waals surface area contributed by atoms with Gasteiger partial charge in [0.15, 0.2) is 0 Å². The van der Waals surface area contributed by atoms with E-state index in [4.69, 9.17) is 4.74 Å². The van der Waals surface area contributed by atoms with Crippen LogP contribution in [0.3, 0.4) is 0 Å². The maximum absolute atomic E-state index is 12.4. The van der Waals surface area contributed by atoms with Crippen LogP contribution in [0.4, 0.5) is 5.69 Å². The van der Waals surface area contributed by atoms with E-state index in [-0.39, 0.29) is 12.2 Å². The summed E-state index contributed by atoms with van der Waals surface area (Å²) in [4.78, 5) is 24.5. The van der Waals surface area contributed by atoms with Gasteiger partial charge in [0.1, 0.15) is 5.57 Å². The Morgan fingerprint density at radius 2 is 1.70 bits per heavy atom. The zero-order valence-electron chi connectivity index (χ0n) is 13.2. The van der Waals surface area contributed by atoms with Crippen LogP contribution in [0.25, 0.3) is 6.08 Å². The van der Waals surface area contributed by atoms with Gasteiger partial charge >= 0.3 is 5.97 Å². The molecule has 4 heteroatoms. The lowest BCUT2D eigenvalue weighted by Crippen LogP contribution is -2.22. The smallest absolute Gasteiger partial charge is 0.343 e. The number of esters is 1. The van der Waals surface area contributed by atoms with Gasteiger partial charge in [-0.15, -0.1) is 0 Å². The standard InChI is InChI=1S/C19H19NO3/c1-3-23-19(22)17(13-15-11-9-14(2)10-12-15)18(21)20-16-7-5-4-6-8-16/h4-13H,3H2,1-2H3,(H,20,21). The summed E-state index contributed by atoms with van der Waals surface area (Å²) in [5.41, 5.74) is 2.46. The molecule has 2 aromatic rings. The van der Waals surface area contributed by atoms with E-state index in [1.54, 1.807) is 19.1 Å². The molecular formula is C19H19NO3. The lowest BCUT2D eigenvalue weighted by atomic mass is 10.1. The zero-order valence-corrected chi connectivity index (χ0v) is 13.2. The molecule has 0 unspecified atom stereocenters. The van der Waals surface area contributed by atoms with Crippen molar-refractivity contribution in [2.24, 2.45) is 0 Å². The SMILES string of the molecule is CCOC(=O)C(=Cc1ccc(C)cc1)C(=O)Nc1ccccc1. The van der Waals surface area contributed by atoms with E-state index in [2.05, 4.69) is 5.32 Å². The average molecular weight is 309 g/mol. The van der Waals surface area contributed by atoms with E-state index in [1.165, 1.54) is 6.08 Å². The molecule has 23 heavy (non-hydrogen) atoms. The first kappa shape index (κ1) is 16.5. The Balaban J connectivity index is 2.28. The lowest BCUT2D eigenvalue weighted by molar-refractivity contribution is -0.139. The second-order valence-corrected chi connectivity index (χ2v) is 5.01. The lowest BCUT2D eigenvalue weighted by Gasteiger charge is -2.09. The number of carbonyl (C=O) groups excluding carboxylic acids is 2. The summed E-state index contributed by atoms with van der Waals surface area (Å²) in [5.74, 6) is -1.13. The number of carbonyl (C=O) groups is 2. The summed E-state index contributed by atoms with van der Waals surface area (Å²) in [7, 11) is 0. The topological polar surface area (TPSA) is 55.4 Å². The fourth-order valence-corrected chi connectivity index (χ4v) is 1.98. The Labute approximate surface area is 135 Å². The van der Waals surface area contributed by atoms with Crippen molar-refractivity contribution in [2.45, 2.75) is 13.8 Å². The third-order valence-electron chi connectivity index (χ3n) is 3.16. The average Bonchev–Trinajstić information content (AvgIpc) is 2.55. The summed E-state index contributed by atoms with van der Waals surface area (Å²) in [6, 6.07) is 16.5. The van der Waals surface area contributed by atoms with E-state index in [1.807, 2.05) is 49.4 Å². The Kier molecular flexibility index (Phi) is 5.69. The number of hydrogen-bond donors (Lipinski definition) is 1. The molecule has 2 rings (SSSR count). The van der Waals surface area contributed by atoms with Crippen molar-refractivity contribution in [3.8, 4) is 0 Å². The van der Waals surface area contributed by atoms with Crippen LogP contribution in [0.15, 0.2) is 60.2 Å². The van der Waals surface area contributed by atoms with E-state index >= 15 is 0 Å². The third-order valence-corrected chi connectivity index (χ3v) is 3.16. The molecule has 0 atom stereocenters. The first-order chi connectivity index (χ1) is 11.1. The molecular weight excluding hydrogens is 290 g/mol. The highest BCUT2D eigenvalue weighted by Gasteiger charge is 2.19. The molecule has 118 valence electrons. The van der Waals surface area contributed by atoms with Crippen LogP contribution in [-0.2, 0) is 14.3 Å². The third kappa shape index (κ3) is 4.81. The van der Waals surface area contributed by atoms with Crippen LogP contribution in [0.1, 0.15) is 18.1 Å². The maximum atomic E-state index is 12.4. The molecule has 2 aromatic carbocycles. The number of aryl methyl sites for hydroxylation is 1. The number of anilines is 1. The van der Waals surface area contributed by atoms with Gasteiger partial charge in [-0.3, -0.25) is 4.79 Å². The molecule has 0 heterocycles. The second-order valence-electron chi connectivity index (χ2n) is 5.01. The highest BCUT2D eigenvalue weighted by atomic mass is 16.5. The number of nitrogens with one attached hydrogen (secondary N) is 1. The van der Waals surface area contributed by atoms with Gasteiger partial charge in [-0.1, -0.05) is 48.0 Å². The number of ether oxygens (including phenoxy) is 1. The minimum Gasteiger partial charge on any atom is -0.462 e. The van der Waals surface area contributed by atoms with Gasteiger partial charge in [-0.2, -0.15) is 0 Å². The number of para-hydroxylation sites is 1. The van der Waals surface area contributed by atoms with Gasteiger partial charge in [0.2, 0.25) is 0 Å². The van der Waals surface area contributed by atoms with Crippen molar-refractivity contribution >= 4 is 23.6 Å². The van der Waals surface area contributed by atoms with E-state index in [0.717, 1.165) is 11.1 Å². The van der Waals surface area contributed by atoms with E-state index in [0.29, 0.717) is 5.69 Å². The molecule has 0 aliphatic rings. The molecule has 0 aliphatic carbocycles. The predicted octanol–water partition coefficient (Wildman–Crippen LogP) is 3.58. The van der Waals surface area contributed by atoms with Crippen LogP contribution in [0.5, 0.6) is 0 Å². The molecule has 0 spiro atoms. The maximum Gasteiger partial charge on any atom is 0.343 e. The molecule has 0 fully saturated rings. The molecule has 0 radical (unpaired) electrons. The minimum absolute atomic E-state index is 0.0282. The number of rotatable bonds is 5. The highest BCUT2D eigenvalue weighted by molar-refractivity contribution is 6.24. The van der Waals surface area contributed by atoms with Crippen LogP contribution < -0.4 is 5.32 Å². The van der Waals surface area contributed by atoms with E-state index < -0.39 is 11.9 Å². The number of benzene rings is 2. The van der Waals surface area contributed by atoms with Crippen molar-refractivity contribution < 1.29 is 14.3 Å². The molecule has 4 nitrogen and oxygen atoms in total. The Morgan fingerprint density at radius 3 is 2.30 bits per heavy atom. The fourth-order valence-electron chi connectivity index (χ4n) is 1.98. The summed E-state index contributed by atoms with van der Waals surface area (Å²) in [5, 5.41) is 2.70. The van der Waals surface area contributed by atoms with Gasteiger partial charge in [0.05, 0.1) is 6.61 Å². The van der Waals surface area contributed by atoms with E-state index in [9.17, 15) is 9.59 Å².